The Bertz CT molecular complexity index is 755. The molecule has 0 aromatic heterocycles. The summed E-state index contributed by atoms with van der Waals surface area (Å²) < 4.78 is 11.5. The third kappa shape index (κ3) is 0.791. The third-order valence-electron chi connectivity index (χ3n) is 7.07. The first-order valence-electron chi connectivity index (χ1n) is 7.72. The van der Waals surface area contributed by atoms with Crippen LogP contribution in [0, 0.1) is 5.92 Å². The van der Waals surface area contributed by atoms with Crippen LogP contribution in [0.2, 0.25) is 0 Å². The number of fused-ring (bicyclic) bond motifs is 1. The summed E-state index contributed by atoms with van der Waals surface area (Å²) in [5.41, 5.74) is 1.26. The number of carbonyl (C=O) groups excluding carboxylic acids is 1. The Morgan fingerprint density at radius 2 is 2.29 bits per heavy atom. The Morgan fingerprint density at radius 3 is 3.10 bits per heavy atom. The van der Waals surface area contributed by atoms with E-state index < -0.39 is 17.1 Å². The van der Waals surface area contributed by atoms with Gasteiger partial charge in [-0.25, -0.2) is 0 Å². The number of Topliss-reactive ketones (excluding diaryl/α,β-unsaturated/α-hetero) is 1. The van der Waals surface area contributed by atoms with E-state index in [-0.39, 0.29) is 11.2 Å². The number of aliphatic hydroxyl groups is 1. The van der Waals surface area contributed by atoms with E-state index in [0.29, 0.717) is 24.5 Å². The van der Waals surface area contributed by atoms with E-state index in [0.717, 1.165) is 24.2 Å². The predicted molar refractivity (Wildman–Crippen MR) is 72.7 cm³/mol. The second kappa shape index (κ2) is 2.72. The number of hydrogen-bond donors (Lipinski definition) is 1. The van der Waals surface area contributed by atoms with Gasteiger partial charge in [0.25, 0.3) is 0 Å². The normalized spacial score (nSPS) is 49.7. The van der Waals surface area contributed by atoms with E-state index >= 15 is 0 Å². The summed E-state index contributed by atoms with van der Waals surface area (Å²) in [4.78, 5) is 12.5. The molecule has 4 heteroatoms. The molecular formula is C17H16O4. The van der Waals surface area contributed by atoms with Crippen molar-refractivity contribution in [3.63, 3.8) is 0 Å². The SMILES string of the molecule is COc1ccc2c3c1O[C@H]1C(=O)CC[C@@]4(O)[C@@H]5CC25C[C@]314. The van der Waals surface area contributed by atoms with Gasteiger partial charge in [-0.15, -0.1) is 0 Å². The average Bonchev–Trinajstić information content (AvgIpc) is 2.91. The molecule has 1 heterocycles. The van der Waals surface area contributed by atoms with Crippen LogP contribution in [-0.4, -0.2) is 29.7 Å². The molecule has 1 N–H and O–H groups in total. The quantitative estimate of drug-likeness (QED) is 0.848. The average molecular weight is 284 g/mol. The zero-order valence-electron chi connectivity index (χ0n) is 11.8. The highest BCUT2D eigenvalue weighted by Crippen LogP contribution is 2.84. The molecule has 3 fully saturated rings. The van der Waals surface area contributed by atoms with Crippen molar-refractivity contribution in [3.05, 3.63) is 23.3 Å². The fourth-order valence-electron chi connectivity index (χ4n) is 6.34. The lowest BCUT2D eigenvalue weighted by atomic mass is 9.59. The smallest absolute Gasteiger partial charge is 0.174 e. The molecule has 6 rings (SSSR count). The third-order valence-corrected chi connectivity index (χ3v) is 7.07. The van der Waals surface area contributed by atoms with Crippen molar-refractivity contribution in [2.75, 3.05) is 7.11 Å². The Labute approximate surface area is 122 Å². The molecule has 0 amide bonds. The van der Waals surface area contributed by atoms with Crippen LogP contribution in [-0.2, 0) is 15.6 Å². The second-order valence-corrected chi connectivity index (χ2v) is 7.47. The lowest BCUT2D eigenvalue weighted by molar-refractivity contribution is -0.148. The van der Waals surface area contributed by atoms with Crippen LogP contribution in [0.15, 0.2) is 12.1 Å². The Kier molecular flexibility index (Phi) is 1.43. The highest BCUT2D eigenvalue weighted by Gasteiger charge is 2.88. The lowest BCUT2D eigenvalue weighted by Gasteiger charge is -2.47. The fraction of sp³-hybridized carbons (Fsp3) is 0.588. The molecule has 0 radical (unpaired) electrons. The van der Waals surface area contributed by atoms with Crippen LogP contribution in [0.5, 0.6) is 11.5 Å². The summed E-state index contributed by atoms with van der Waals surface area (Å²) in [5.74, 6) is 1.86. The van der Waals surface area contributed by atoms with E-state index in [9.17, 15) is 9.90 Å². The summed E-state index contributed by atoms with van der Waals surface area (Å²) in [5, 5.41) is 11.5. The molecule has 3 saturated carbocycles. The zero-order chi connectivity index (χ0) is 14.2. The van der Waals surface area contributed by atoms with Crippen molar-refractivity contribution >= 4 is 5.78 Å². The minimum absolute atomic E-state index is 0.109. The molecule has 1 unspecified atom stereocenters. The standard InChI is InChI=1S/C17H16O4/c1-20-10-3-2-8-12-13(10)21-14-9(18)4-5-17(19)11-6-15(8,11)7-16(12,14)17/h2-3,11,14,19H,4-7H2,1H3/t11-,14+,15?,16+,17-/m1/s1. The second-order valence-electron chi connectivity index (χ2n) is 7.47. The van der Waals surface area contributed by atoms with Crippen molar-refractivity contribution in [2.45, 2.75) is 48.2 Å². The summed E-state index contributed by atoms with van der Waals surface area (Å²) >= 11 is 0. The van der Waals surface area contributed by atoms with Crippen molar-refractivity contribution < 1.29 is 19.4 Å². The van der Waals surface area contributed by atoms with Gasteiger partial charge in [0, 0.05) is 17.4 Å². The topological polar surface area (TPSA) is 55.8 Å². The monoisotopic (exact) mass is 284 g/mol. The van der Waals surface area contributed by atoms with Gasteiger partial charge >= 0.3 is 0 Å². The van der Waals surface area contributed by atoms with E-state index in [1.807, 2.05) is 6.07 Å². The maximum Gasteiger partial charge on any atom is 0.174 e. The molecule has 1 aliphatic heterocycles. The first kappa shape index (κ1) is 11.1. The summed E-state index contributed by atoms with van der Waals surface area (Å²) in [6.07, 6.45) is 2.46. The van der Waals surface area contributed by atoms with E-state index in [1.165, 1.54) is 5.56 Å². The van der Waals surface area contributed by atoms with Gasteiger partial charge in [-0.05, 0) is 36.8 Å². The van der Waals surface area contributed by atoms with Crippen molar-refractivity contribution in [1.29, 1.82) is 0 Å². The summed E-state index contributed by atoms with van der Waals surface area (Å²) in [6, 6.07) is 4.09. The van der Waals surface area contributed by atoms with Crippen molar-refractivity contribution in [1.82, 2.24) is 0 Å². The van der Waals surface area contributed by atoms with Crippen LogP contribution in [0.4, 0.5) is 0 Å². The van der Waals surface area contributed by atoms with Gasteiger partial charge in [-0.3, -0.25) is 4.79 Å². The molecule has 5 atom stereocenters. The maximum atomic E-state index is 12.5. The van der Waals surface area contributed by atoms with Gasteiger partial charge in [-0.1, -0.05) is 6.07 Å². The molecule has 108 valence electrons. The fourth-order valence-corrected chi connectivity index (χ4v) is 6.34. The maximum absolute atomic E-state index is 12.5. The molecule has 2 spiro atoms. The van der Waals surface area contributed by atoms with Gasteiger partial charge in [0.05, 0.1) is 18.1 Å². The molecule has 4 nitrogen and oxygen atoms in total. The number of hydrogen-bond acceptors (Lipinski definition) is 4. The minimum atomic E-state index is -0.754. The molecule has 4 aliphatic carbocycles. The molecular weight excluding hydrogens is 268 g/mol. The van der Waals surface area contributed by atoms with Crippen LogP contribution in [0.3, 0.4) is 0 Å². The number of benzene rings is 1. The molecule has 1 aromatic carbocycles. The van der Waals surface area contributed by atoms with Gasteiger partial charge in [0.1, 0.15) is 0 Å². The van der Waals surface area contributed by atoms with E-state index in [2.05, 4.69) is 6.07 Å². The highest BCUT2D eigenvalue weighted by molar-refractivity contribution is 5.91. The van der Waals surface area contributed by atoms with Crippen LogP contribution in [0.25, 0.3) is 0 Å². The number of carbonyl (C=O) groups is 1. The number of ketones is 1. The number of rotatable bonds is 1. The van der Waals surface area contributed by atoms with Crippen LogP contribution < -0.4 is 9.47 Å². The molecule has 1 aromatic rings. The van der Waals surface area contributed by atoms with Crippen molar-refractivity contribution in [2.24, 2.45) is 5.92 Å². The van der Waals surface area contributed by atoms with Gasteiger partial charge in [0.15, 0.2) is 23.4 Å². The molecule has 2 bridgehead atoms. The number of ether oxygens (including phenoxy) is 2. The van der Waals surface area contributed by atoms with E-state index in [1.54, 1.807) is 7.11 Å². The zero-order valence-corrected chi connectivity index (χ0v) is 11.8. The lowest BCUT2D eigenvalue weighted by Crippen LogP contribution is -2.62. The Morgan fingerprint density at radius 1 is 1.43 bits per heavy atom. The van der Waals surface area contributed by atoms with E-state index in [4.69, 9.17) is 9.47 Å². The summed E-state index contributed by atoms with van der Waals surface area (Å²) in [7, 11) is 1.63. The van der Waals surface area contributed by atoms with Gasteiger partial charge < -0.3 is 14.6 Å². The molecule has 21 heavy (non-hydrogen) atoms. The Hall–Kier alpha value is -1.55. The largest absolute Gasteiger partial charge is 0.493 e. The predicted octanol–water partition coefficient (Wildman–Crippen LogP) is 1.46. The highest BCUT2D eigenvalue weighted by atomic mass is 16.5. The minimum Gasteiger partial charge on any atom is -0.493 e. The first-order valence-corrected chi connectivity index (χ1v) is 7.72. The summed E-state index contributed by atoms with van der Waals surface area (Å²) in [6.45, 7) is 0. The number of methoxy groups -OCH3 is 1. The van der Waals surface area contributed by atoms with Crippen molar-refractivity contribution in [3.8, 4) is 11.5 Å². The Balaban J connectivity index is 1.76. The van der Waals surface area contributed by atoms with Crippen LogP contribution >= 0.6 is 0 Å². The molecule has 0 saturated heterocycles. The van der Waals surface area contributed by atoms with Crippen LogP contribution in [0.1, 0.15) is 36.8 Å². The van der Waals surface area contributed by atoms with Gasteiger partial charge in [0.2, 0.25) is 0 Å². The van der Waals surface area contributed by atoms with Gasteiger partial charge in [-0.2, -0.15) is 0 Å². The first-order chi connectivity index (χ1) is 10.1. The molecule has 5 aliphatic rings.